The number of ether oxygens (including phenoxy) is 2. The van der Waals surface area contributed by atoms with Crippen molar-refractivity contribution in [1.82, 2.24) is 0 Å². The maximum atomic E-state index is 13.3. The van der Waals surface area contributed by atoms with Crippen LogP contribution in [-0.4, -0.2) is 19.0 Å². The molecule has 0 atom stereocenters. The standard InChI is InChI=1S/C17H15FO3/c1-11-2-4-14(18)8-13(11)9-15(19)12-3-5-16-17(10-12)21-7-6-20-16/h2-5,8,10H,6-7,9H2,1H3. The molecular weight excluding hydrogens is 271 g/mol. The number of hydrogen-bond acceptors (Lipinski definition) is 3. The molecule has 3 rings (SSSR count). The van der Waals surface area contributed by atoms with Crippen molar-refractivity contribution >= 4 is 5.78 Å². The highest BCUT2D eigenvalue weighted by Crippen LogP contribution is 2.31. The van der Waals surface area contributed by atoms with Crippen LogP contribution in [0, 0.1) is 12.7 Å². The van der Waals surface area contributed by atoms with Gasteiger partial charge in [0.15, 0.2) is 17.3 Å². The number of carbonyl (C=O) groups excluding carboxylic acids is 1. The second kappa shape index (κ2) is 5.56. The van der Waals surface area contributed by atoms with E-state index in [9.17, 15) is 9.18 Å². The molecule has 0 aromatic heterocycles. The van der Waals surface area contributed by atoms with Gasteiger partial charge in [-0.1, -0.05) is 6.07 Å². The van der Waals surface area contributed by atoms with Crippen molar-refractivity contribution in [1.29, 1.82) is 0 Å². The summed E-state index contributed by atoms with van der Waals surface area (Å²) in [5.74, 6) is 0.842. The van der Waals surface area contributed by atoms with Crippen molar-refractivity contribution in [3.63, 3.8) is 0 Å². The summed E-state index contributed by atoms with van der Waals surface area (Å²) in [4.78, 5) is 12.3. The van der Waals surface area contributed by atoms with Gasteiger partial charge in [-0.3, -0.25) is 4.79 Å². The SMILES string of the molecule is Cc1ccc(F)cc1CC(=O)c1ccc2c(c1)OCCO2. The third-order valence-electron chi connectivity index (χ3n) is 3.53. The maximum absolute atomic E-state index is 13.3. The first-order valence-corrected chi connectivity index (χ1v) is 6.81. The molecule has 1 aliphatic heterocycles. The predicted octanol–water partition coefficient (Wildman–Crippen LogP) is 3.33. The first-order chi connectivity index (χ1) is 10.1. The van der Waals surface area contributed by atoms with Gasteiger partial charge in [0.1, 0.15) is 19.0 Å². The molecule has 0 aliphatic carbocycles. The number of ketones is 1. The molecule has 0 N–H and O–H groups in total. The van der Waals surface area contributed by atoms with Gasteiger partial charge in [0.05, 0.1) is 0 Å². The zero-order valence-corrected chi connectivity index (χ0v) is 11.7. The molecule has 0 bridgehead atoms. The first kappa shape index (κ1) is 13.6. The summed E-state index contributed by atoms with van der Waals surface area (Å²) in [5, 5.41) is 0. The van der Waals surface area contributed by atoms with Gasteiger partial charge in [0.25, 0.3) is 0 Å². The predicted molar refractivity (Wildman–Crippen MR) is 76.6 cm³/mol. The van der Waals surface area contributed by atoms with Gasteiger partial charge in [-0.25, -0.2) is 4.39 Å². The van der Waals surface area contributed by atoms with Crippen molar-refractivity contribution in [2.75, 3.05) is 13.2 Å². The Morgan fingerprint density at radius 3 is 2.67 bits per heavy atom. The van der Waals surface area contributed by atoms with Gasteiger partial charge in [-0.15, -0.1) is 0 Å². The number of hydrogen-bond donors (Lipinski definition) is 0. The highest BCUT2D eigenvalue weighted by molar-refractivity contribution is 5.98. The van der Waals surface area contributed by atoms with Crippen LogP contribution in [0.4, 0.5) is 4.39 Å². The minimum Gasteiger partial charge on any atom is -0.486 e. The molecule has 0 unspecified atom stereocenters. The molecular formula is C17H15FO3. The Balaban J connectivity index is 1.83. The lowest BCUT2D eigenvalue weighted by Gasteiger charge is -2.18. The molecule has 0 saturated heterocycles. The largest absolute Gasteiger partial charge is 0.486 e. The van der Waals surface area contributed by atoms with E-state index in [-0.39, 0.29) is 18.0 Å². The molecule has 0 amide bonds. The van der Waals surface area contributed by atoms with E-state index in [1.165, 1.54) is 12.1 Å². The van der Waals surface area contributed by atoms with Crippen LogP contribution in [0.15, 0.2) is 36.4 Å². The first-order valence-electron chi connectivity index (χ1n) is 6.81. The molecule has 1 heterocycles. The Morgan fingerprint density at radius 2 is 1.86 bits per heavy atom. The molecule has 0 spiro atoms. The van der Waals surface area contributed by atoms with Gasteiger partial charge in [-0.2, -0.15) is 0 Å². The zero-order chi connectivity index (χ0) is 14.8. The van der Waals surface area contributed by atoms with Gasteiger partial charge in [0, 0.05) is 12.0 Å². The third kappa shape index (κ3) is 2.89. The van der Waals surface area contributed by atoms with Gasteiger partial charge >= 0.3 is 0 Å². The number of halogens is 1. The van der Waals surface area contributed by atoms with Crippen LogP contribution in [0.2, 0.25) is 0 Å². The van der Waals surface area contributed by atoms with Crippen LogP contribution in [0.5, 0.6) is 11.5 Å². The fraction of sp³-hybridized carbons (Fsp3) is 0.235. The summed E-state index contributed by atoms with van der Waals surface area (Å²) in [5.41, 5.74) is 2.15. The minimum atomic E-state index is -0.328. The Labute approximate surface area is 122 Å². The smallest absolute Gasteiger partial charge is 0.167 e. The maximum Gasteiger partial charge on any atom is 0.167 e. The second-order valence-corrected chi connectivity index (χ2v) is 5.03. The lowest BCUT2D eigenvalue weighted by Crippen LogP contribution is -2.16. The Morgan fingerprint density at radius 1 is 1.10 bits per heavy atom. The van der Waals surface area contributed by atoms with Crippen LogP contribution in [0.3, 0.4) is 0 Å². The van der Waals surface area contributed by atoms with E-state index in [2.05, 4.69) is 0 Å². The molecule has 2 aromatic carbocycles. The monoisotopic (exact) mass is 286 g/mol. The van der Waals surface area contributed by atoms with Gasteiger partial charge in [-0.05, 0) is 48.4 Å². The van der Waals surface area contributed by atoms with Gasteiger partial charge < -0.3 is 9.47 Å². The minimum absolute atomic E-state index is 0.0688. The van der Waals surface area contributed by atoms with E-state index in [1.807, 2.05) is 6.92 Å². The summed E-state index contributed by atoms with van der Waals surface area (Å²) in [6.45, 7) is 2.86. The van der Waals surface area contributed by atoms with Crippen LogP contribution >= 0.6 is 0 Å². The van der Waals surface area contributed by atoms with Crippen LogP contribution in [-0.2, 0) is 6.42 Å². The van der Waals surface area contributed by atoms with E-state index in [0.29, 0.717) is 35.8 Å². The summed E-state index contributed by atoms with van der Waals surface area (Å²) >= 11 is 0. The summed E-state index contributed by atoms with van der Waals surface area (Å²) in [6.07, 6.45) is 0.170. The number of aryl methyl sites for hydroxylation is 1. The third-order valence-corrected chi connectivity index (χ3v) is 3.53. The molecule has 4 heteroatoms. The highest BCUT2D eigenvalue weighted by Gasteiger charge is 2.16. The second-order valence-electron chi connectivity index (χ2n) is 5.03. The van der Waals surface area contributed by atoms with Crippen molar-refractivity contribution < 1.29 is 18.7 Å². The molecule has 0 fully saturated rings. The number of carbonyl (C=O) groups is 1. The van der Waals surface area contributed by atoms with E-state index < -0.39 is 0 Å². The van der Waals surface area contributed by atoms with Crippen molar-refractivity contribution in [2.24, 2.45) is 0 Å². The summed E-state index contributed by atoms with van der Waals surface area (Å²) < 4.78 is 24.2. The number of benzene rings is 2. The molecule has 3 nitrogen and oxygen atoms in total. The topological polar surface area (TPSA) is 35.5 Å². The van der Waals surface area contributed by atoms with Crippen molar-refractivity contribution in [3.05, 3.63) is 58.9 Å². The fourth-order valence-electron chi connectivity index (χ4n) is 2.32. The molecule has 0 saturated carbocycles. The summed E-state index contributed by atoms with van der Waals surface area (Å²) in [6, 6.07) is 9.62. The Bertz CT molecular complexity index is 694. The molecule has 0 radical (unpaired) electrons. The van der Waals surface area contributed by atoms with Crippen LogP contribution in [0.25, 0.3) is 0 Å². The van der Waals surface area contributed by atoms with Crippen LogP contribution < -0.4 is 9.47 Å². The zero-order valence-electron chi connectivity index (χ0n) is 11.7. The lowest BCUT2D eigenvalue weighted by molar-refractivity contribution is 0.0991. The average molecular weight is 286 g/mol. The molecule has 21 heavy (non-hydrogen) atoms. The number of Topliss-reactive ketones (excluding diaryl/α,β-unsaturated/α-hetero) is 1. The Hall–Kier alpha value is -2.36. The highest BCUT2D eigenvalue weighted by atomic mass is 19.1. The number of fused-ring (bicyclic) bond motifs is 1. The van der Waals surface area contributed by atoms with Crippen LogP contribution in [0.1, 0.15) is 21.5 Å². The van der Waals surface area contributed by atoms with Crippen molar-refractivity contribution in [2.45, 2.75) is 13.3 Å². The molecule has 1 aliphatic rings. The normalized spacial score (nSPS) is 13.0. The van der Waals surface area contributed by atoms with E-state index in [0.717, 1.165) is 5.56 Å². The fourth-order valence-corrected chi connectivity index (χ4v) is 2.32. The lowest BCUT2D eigenvalue weighted by atomic mass is 9.99. The molecule has 108 valence electrons. The Kier molecular flexibility index (Phi) is 3.60. The average Bonchev–Trinajstić information content (AvgIpc) is 2.50. The summed E-state index contributed by atoms with van der Waals surface area (Å²) in [7, 11) is 0. The molecule has 2 aromatic rings. The van der Waals surface area contributed by atoms with E-state index >= 15 is 0 Å². The van der Waals surface area contributed by atoms with Gasteiger partial charge in [0.2, 0.25) is 0 Å². The quantitative estimate of drug-likeness (QED) is 0.812. The van der Waals surface area contributed by atoms with E-state index in [1.54, 1.807) is 24.3 Å². The van der Waals surface area contributed by atoms with Crippen molar-refractivity contribution in [3.8, 4) is 11.5 Å². The van der Waals surface area contributed by atoms with E-state index in [4.69, 9.17) is 9.47 Å². The number of rotatable bonds is 3.